The Hall–Kier alpha value is -2.62. The third kappa shape index (κ3) is 2.40. The summed E-state index contributed by atoms with van der Waals surface area (Å²) in [6.07, 6.45) is 3.88. The van der Waals surface area contributed by atoms with E-state index in [9.17, 15) is 0 Å². The first kappa shape index (κ1) is 12.4. The highest BCUT2D eigenvalue weighted by Gasteiger charge is 1.94. The van der Waals surface area contributed by atoms with Gasteiger partial charge in [0.05, 0.1) is 17.2 Å². The lowest BCUT2D eigenvalue weighted by molar-refractivity contribution is 0.780. The lowest BCUT2D eigenvalue weighted by atomic mass is 10.3. The van der Waals surface area contributed by atoms with Crippen LogP contribution in [0, 0.1) is 0 Å². The maximum Gasteiger partial charge on any atom is 0.0923 e. The Morgan fingerprint density at radius 1 is 0.850 bits per heavy atom. The van der Waals surface area contributed by atoms with Crippen LogP contribution in [0.15, 0.2) is 60.9 Å². The van der Waals surface area contributed by atoms with Gasteiger partial charge in [-0.25, -0.2) is 0 Å². The topological polar surface area (TPSA) is 35.6 Å². The van der Waals surface area contributed by atoms with Gasteiger partial charge in [-0.2, -0.15) is 10.2 Å². The van der Waals surface area contributed by atoms with Gasteiger partial charge in [0.2, 0.25) is 0 Å². The number of aryl methyl sites for hydroxylation is 2. The molecule has 0 saturated carbocycles. The second-order valence-electron chi connectivity index (χ2n) is 4.69. The zero-order valence-electron chi connectivity index (χ0n) is 11.6. The highest BCUT2D eigenvalue weighted by molar-refractivity contribution is 5.78. The number of hydrogen-bond donors (Lipinski definition) is 0. The Bertz CT molecular complexity index is 800. The number of benzene rings is 2. The van der Waals surface area contributed by atoms with Gasteiger partial charge in [0.15, 0.2) is 0 Å². The largest absolute Gasteiger partial charge is 0.275 e. The molecule has 4 heteroatoms. The molecule has 20 heavy (non-hydrogen) atoms. The summed E-state index contributed by atoms with van der Waals surface area (Å²) in [7, 11) is 3.88. The molecule has 0 atom stereocenters. The second-order valence-corrected chi connectivity index (χ2v) is 4.69. The highest BCUT2D eigenvalue weighted by Crippen LogP contribution is 2.10. The van der Waals surface area contributed by atoms with Crippen LogP contribution in [0.3, 0.4) is 0 Å². The Balaban J connectivity index is 0.000000121. The fraction of sp³-hybridized carbons (Fsp3) is 0.125. The van der Waals surface area contributed by atoms with Crippen molar-refractivity contribution < 1.29 is 0 Å². The molecule has 2 aromatic heterocycles. The number of nitrogens with zero attached hydrogens (tertiary/aromatic N) is 4. The molecule has 2 aromatic carbocycles. The van der Waals surface area contributed by atoms with Gasteiger partial charge in [-0.1, -0.05) is 36.4 Å². The molecule has 0 aliphatic carbocycles. The Morgan fingerprint density at radius 3 is 2.30 bits per heavy atom. The van der Waals surface area contributed by atoms with Gasteiger partial charge in [-0.3, -0.25) is 9.36 Å². The minimum Gasteiger partial charge on any atom is -0.275 e. The Kier molecular flexibility index (Phi) is 3.21. The molecule has 4 aromatic rings. The number of rotatable bonds is 0. The second kappa shape index (κ2) is 5.17. The number of fused-ring (bicyclic) bond motifs is 2. The van der Waals surface area contributed by atoms with Crippen molar-refractivity contribution in [2.24, 2.45) is 14.1 Å². The summed E-state index contributed by atoms with van der Waals surface area (Å²) in [5.74, 6) is 0. The zero-order valence-corrected chi connectivity index (χ0v) is 11.6. The van der Waals surface area contributed by atoms with Crippen LogP contribution in [0.2, 0.25) is 0 Å². The van der Waals surface area contributed by atoms with E-state index in [4.69, 9.17) is 0 Å². The van der Waals surface area contributed by atoms with Crippen LogP contribution in [-0.4, -0.2) is 19.6 Å². The van der Waals surface area contributed by atoms with Gasteiger partial charge < -0.3 is 0 Å². The third-order valence-corrected chi connectivity index (χ3v) is 3.18. The molecule has 0 saturated heterocycles. The van der Waals surface area contributed by atoms with Gasteiger partial charge in [0.1, 0.15) is 0 Å². The first-order valence-corrected chi connectivity index (χ1v) is 6.49. The van der Waals surface area contributed by atoms with Gasteiger partial charge in [-0.05, 0) is 12.1 Å². The third-order valence-electron chi connectivity index (χ3n) is 3.18. The Morgan fingerprint density at radius 2 is 1.55 bits per heavy atom. The molecule has 0 unspecified atom stereocenters. The monoisotopic (exact) mass is 264 g/mol. The predicted molar refractivity (Wildman–Crippen MR) is 81.4 cm³/mol. The molecule has 0 bridgehead atoms. The van der Waals surface area contributed by atoms with Crippen molar-refractivity contribution >= 4 is 21.8 Å². The lowest BCUT2D eigenvalue weighted by Gasteiger charge is -1.90. The van der Waals surface area contributed by atoms with Crippen LogP contribution >= 0.6 is 0 Å². The van der Waals surface area contributed by atoms with Crippen LogP contribution in [0.5, 0.6) is 0 Å². The van der Waals surface area contributed by atoms with E-state index in [-0.39, 0.29) is 0 Å². The summed E-state index contributed by atoms with van der Waals surface area (Å²) in [5, 5.41) is 10.7. The van der Waals surface area contributed by atoms with Crippen LogP contribution in [-0.2, 0) is 14.1 Å². The van der Waals surface area contributed by atoms with Crippen LogP contribution in [0.25, 0.3) is 21.8 Å². The van der Waals surface area contributed by atoms with Gasteiger partial charge in [0, 0.05) is 31.1 Å². The molecule has 0 spiro atoms. The molecule has 0 radical (unpaired) electrons. The smallest absolute Gasteiger partial charge is 0.0923 e. The maximum atomic E-state index is 4.23. The van der Waals surface area contributed by atoms with E-state index in [1.165, 1.54) is 16.3 Å². The van der Waals surface area contributed by atoms with Crippen molar-refractivity contribution in [2.45, 2.75) is 0 Å². The van der Waals surface area contributed by atoms with Crippen molar-refractivity contribution in [3.63, 3.8) is 0 Å². The minimum atomic E-state index is 1.06. The standard InChI is InChI=1S/2C8H8N2/c1-10-6-7-4-2-3-5-8(7)9-10;1-10-8-5-3-2-4-7(8)6-9-10/h2*2-6H,1H3. The molecular formula is C16H16N4. The summed E-state index contributed by atoms with van der Waals surface area (Å²) in [6.45, 7) is 0. The van der Waals surface area contributed by atoms with Gasteiger partial charge >= 0.3 is 0 Å². The summed E-state index contributed by atoms with van der Waals surface area (Å²) in [6, 6.07) is 16.2. The van der Waals surface area contributed by atoms with E-state index in [2.05, 4.69) is 28.4 Å². The van der Waals surface area contributed by atoms with E-state index in [1.807, 2.05) is 66.2 Å². The van der Waals surface area contributed by atoms with Crippen molar-refractivity contribution in [1.82, 2.24) is 19.6 Å². The van der Waals surface area contributed by atoms with Crippen molar-refractivity contribution in [1.29, 1.82) is 0 Å². The summed E-state index contributed by atoms with van der Waals surface area (Å²) < 4.78 is 3.69. The van der Waals surface area contributed by atoms with E-state index in [0.717, 1.165) is 5.52 Å². The fourth-order valence-electron chi connectivity index (χ4n) is 2.19. The zero-order chi connectivity index (χ0) is 13.9. The van der Waals surface area contributed by atoms with E-state index < -0.39 is 0 Å². The van der Waals surface area contributed by atoms with E-state index >= 15 is 0 Å². The molecule has 100 valence electrons. The van der Waals surface area contributed by atoms with E-state index in [1.54, 1.807) is 0 Å². The molecule has 0 aliphatic heterocycles. The number of aromatic nitrogens is 4. The molecule has 4 rings (SSSR count). The summed E-state index contributed by atoms with van der Waals surface area (Å²) >= 11 is 0. The SMILES string of the molecule is Cn1cc2ccccc2n1.Cn1ncc2ccccc21. The first-order chi connectivity index (χ1) is 9.74. The maximum absolute atomic E-state index is 4.23. The fourth-order valence-corrected chi connectivity index (χ4v) is 2.19. The predicted octanol–water partition coefficient (Wildman–Crippen LogP) is 3.15. The van der Waals surface area contributed by atoms with Crippen molar-refractivity contribution in [2.75, 3.05) is 0 Å². The lowest BCUT2D eigenvalue weighted by Crippen LogP contribution is -1.87. The molecule has 4 nitrogen and oxygen atoms in total. The van der Waals surface area contributed by atoms with Crippen molar-refractivity contribution in [3.05, 3.63) is 60.9 Å². The van der Waals surface area contributed by atoms with Crippen LogP contribution in [0.1, 0.15) is 0 Å². The molecule has 0 aliphatic rings. The van der Waals surface area contributed by atoms with Gasteiger partial charge in [-0.15, -0.1) is 0 Å². The average molecular weight is 264 g/mol. The molecule has 0 N–H and O–H groups in total. The Labute approximate surface area is 117 Å². The summed E-state index contributed by atoms with van der Waals surface area (Å²) in [5.41, 5.74) is 2.24. The van der Waals surface area contributed by atoms with Crippen LogP contribution < -0.4 is 0 Å². The average Bonchev–Trinajstić information content (AvgIpc) is 3.02. The minimum absolute atomic E-state index is 1.06. The highest BCUT2D eigenvalue weighted by atomic mass is 15.2. The molecule has 0 fully saturated rings. The van der Waals surface area contributed by atoms with Gasteiger partial charge in [0.25, 0.3) is 0 Å². The van der Waals surface area contributed by atoms with Crippen molar-refractivity contribution in [3.8, 4) is 0 Å². The quantitative estimate of drug-likeness (QED) is 0.489. The molecule has 2 heterocycles. The molecular weight excluding hydrogens is 248 g/mol. The van der Waals surface area contributed by atoms with Crippen LogP contribution in [0.4, 0.5) is 0 Å². The summed E-state index contributed by atoms with van der Waals surface area (Å²) in [4.78, 5) is 0. The number of hydrogen-bond acceptors (Lipinski definition) is 2. The number of para-hydroxylation sites is 1. The molecule has 0 amide bonds. The first-order valence-electron chi connectivity index (χ1n) is 6.49. The van der Waals surface area contributed by atoms with E-state index in [0.29, 0.717) is 0 Å². The normalized spacial score (nSPS) is 10.5.